The first-order valence-corrected chi connectivity index (χ1v) is 8.09. The number of amides is 2. The Bertz CT molecular complexity index is 338. The van der Waals surface area contributed by atoms with Gasteiger partial charge in [0.2, 0.25) is 11.8 Å². The van der Waals surface area contributed by atoms with E-state index in [-0.39, 0.29) is 25.0 Å². The standard InChI is InChI=1S/C13H22N2O3S/c16-7-11-4-2-1-3-10(11)5-14-12(17)6-15-9-19-8-13(15)18/h10-11,16H,1-9H2,(H,14,17). The number of carbonyl (C=O) groups excluding carboxylic acids is 2. The minimum atomic E-state index is -0.0851. The van der Waals surface area contributed by atoms with E-state index >= 15 is 0 Å². The number of carbonyl (C=O) groups is 2. The molecule has 2 rings (SSSR count). The van der Waals surface area contributed by atoms with Crippen LogP contribution < -0.4 is 5.32 Å². The van der Waals surface area contributed by atoms with Crippen LogP contribution in [0.5, 0.6) is 0 Å². The van der Waals surface area contributed by atoms with E-state index < -0.39 is 0 Å². The van der Waals surface area contributed by atoms with Gasteiger partial charge < -0.3 is 15.3 Å². The van der Waals surface area contributed by atoms with Crippen molar-refractivity contribution in [3.63, 3.8) is 0 Å². The third-order valence-corrected chi connectivity index (χ3v) is 4.97. The van der Waals surface area contributed by atoms with E-state index in [0.717, 1.165) is 12.8 Å². The Labute approximate surface area is 118 Å². The average Bonchev–Trinajstić information content (AvgIpc) is 2.82. The summed E-state index contributed by atoms with van der Waals surface area (Å²) in [7, 11) is 0. The zero-order chi connectivity index (χ0) is 13.7. The third-order valence-electron chi connectivity index (χ3n) is 4.02. The van der Waals surface area contributed by atoms with Crippen molar-refractivity contribution < 1.29 is 14.7 Å². The lowest BCUT2D eigenvalue weighted by atomic mass is 9.79. The molecule has 0 spiro atoms. The van der Waals surface area contributed by atoms with Crippen molar-refractivity contribution in [1.82, 2.24) is 10.2 Å². The molecule has 1 aliphatic heterocycles. The highest BCUT2D eigenvalue weighted by atomic mass is 32.2. The monoisotopic (exact) mass is 286 g/mol. The minimum absolute atomic E-state index is 0.0473. The summed E-state index contributed by atoms with van der Waals surface area (Å²) < 4.78 is 0. The van der Waals surface area contributed by atoms with Crippen LogP contribution in [0.15, 0.2) is 0 Å². The molecule has 1 aliphatic carbocycles. The quantitative estimate of drug-likeness (QED) is 0.769. The van der Waals surface area contributed by atoms with Crippen LogP contribution in [0.25, 0.3) is 0 Å². The molecule has 2 aliphatic rings. The molecule has 1 heterocycles. The predicted molar refractivity (Wildman–Crippen MR) is 74.6 cm³/mol. The fraction of sp³-hybridized carbons (Fsp3) is 0.846. The molecule has 6 heteroatoms. The molecule has 0 radical (unpaired) electrons. The molecule has 5 nitrogen and oxygen atoms in total. The van der Waals surface area contributed by atoms with Gasteiger partial charge in [0.25, 0.3) is 0 Å². The molecule has 0 aromatic rings. The fourth-order valence-corrected chi connectivity index (χ4v) is 3.71. The van der Waals surface area contributed by atoms with Crippen molar-refractivity contribution in [2.45, 2.75) is 25.7 Å². The van der Waals surface area contributed by atoms with Crippen LogP contribution >= 0.6 is 11.8 Å². The number of thioether (sulfide) groups is 1. The third kappa shape index (κ3) is 4.11. The summed E-state index contributed by atoms with van der Waals surface area (Å²) in [5.74, 6) is 1.77. The van der Waals surface area contributed by atoms with Crippen molar-refractivity contribution in [2.24, 2.45) is 11.8 Å². The Balaban J connectivity index is 1.71. The van der Waals surface area contributed by atoms with Crippen molar-refractivity contribution in [1.29, 1.82) is 0 Å². The topological polar surface area (TPSA) is 69.6 Å². The van der Waals surface area contributed by atoms with Crippen LogP contribution in [0, 0.1) is 11.8 Å². The molecule has 0 aromatic carbocycles. The number of aliphatic hydroxyl groups excluding tert-OH is 1. The molecule has 1 saturated heterocycles. The summed E-state index contributed by atoms with van der Waals surface area (Å²) in [6, 6.07) is 0. The Morgan fingerprint density at radius 2 is 2.11 bits per heavy atom. The fourth-order valence-electron chi connectivity index (χ4n) is 2.81. The lowest BCUT2D eigenvalue weighted by molar-refractivity contribution is -0.132. The van der Waals surface area contributed by atoms with Crippen molar-refractivity contribution in [2.75, 3.05) is 31.3 Å². The largest absolute Gasteiger partial charge is 0.396 e. The van der Waals surface area contributed by atoms with E-state index in [9.17, 15) is 14.7 Å². The predicted octanol–water partition coefficient (Wildman–Crippen LogP) is 0.434. The molecule has 1 saturated carbocycles. The molecule has 19 heavy (non-hydrogen) atoms. The molecule has 2 unspecified atom stereocenters. The lowest BCUT2D eigenvalue weighted by Gasteiger charge is -2.30. The smallest absolute Gasteiger partial charge is 0.239 e. The molecule has 2 N–H and O–H groups in total. The summed E-state index contributed by atoms with van der Waals surface area (Å²) >= 11 is 1.55. The zero-order valence-electron chi connectivity index (χ0n) is 11.1. The van der Waals surface area contributed by atoms with Crippen LogP contribution in [0.3, 0.4) is 0 Å². The Hall–Kier alpha value is -0.750. The summed E-state index contributed by atoms with van der Waals surface area (Å²) in [6.07, 6.45) is 4.48. The normalized spacial score (nSPS) is 27.6. The molecular formula is C13H22N2O3S. The number of nitrogens with one attached hydrogen (secondary N) is 1. The van der Waals surface area contributed by atoms with Gasteiger partial charge in [-0.2, -0.15) is 0 Å². The van der Waals surface area contributed by atoms with Gasteiger partial charge in [0.15, 0.2) is 0 Å². The molecule has 2 fully saturated rings. The first kappa shape index (κ1) is 14.7. The van der Waals surface area contributed by atoms with Crippen LogP contribution in [0.4, 0.5) is 0 Å². The van der Waals surface area contributed by atoms with Gasteiger partial charge in [-0.1, -0.05) is 12.8 Å². The van der Waals surface area contributed by atoms with Gasteiger partial charge in [0, 0.05) is 13.2 Å². The summed E-state index contributed by atoms with van der Waals surface area (Å²) in [6.45, 7) is 1.00. The van der Waals surface area contributed by atoms with E-state index in [1.807, 2.05) is 0 Å². The summed E-state index contributed by atoms with van der Waals surface area (Å²) in [4.78, 5) is 24.8. The number of rotatable bonds is 5. The highest BCUT2D eigenvalue weighted by molar-refractivity contribution is 8.00. The van der Waals surface area contributed by atoms with Crippen LogP contribution in [0.1, 0.15) is 25.7 Å². The molecule has 0 aromatic heterocycles. The van der Waals surface area contributed by atoms with Crippen molar-refractivity contribution in [3.8, 4) is 0 Å². The lowest BCUT2D eigenvalue weighted by Crippen LogP contribution is -2.41. The van der Waals surface area contributed by atoms with Gasteiger partial charge in [-0.15, -0.1) is 11.8 Å². The second kappa shape index (κ2) is 7.14. The van der Waals surface area contributed by atoms with Gasteiger partial charge in [-0.25, -0.2) is 0 Å². The Morgan fingerprint density at radius 3 is 2.74 bits per heavy atom. The second-order valence-corrected chi connectivity index (χ2v) is 6.32. The van der Waals surface area contributed by atoms with Gasteiger partial charge in [-0.05, 0) is 24.7 Å². The number of nitrogens with zero attached hydrogens (tertiary/aromatic N) is 1. The number of aliphatic hydroxyl groups is 1. The summed E-state index contributed by atoms with van der Waals surface area (Å²) in [5, 5.41) is 12.2. The van der Waals surface area contributed by atoms with E-state index in [1.54, 1.807) is 16.7 Å². The van der Waals surface area contributed by atoms with E-state index in [0.29, 0.717) is 30.0 Å². The van der Waals surface area contributed by atoms with Gasteiger partial charge in [0.05, 0.1) is 11.6 Å². The SMILES string of the molecule is O=C(CN1CSCC1=O)NCC1CCCCC1CO. The first-order valence-electron chi connectivity index (χ1n) is 6.93. The van der Waals surface area contributed by atoms with Crippen LogP contribution in [-0.4, -0.2) is 53.1 Å². The van der Waals surface area contributed by atoms with Gasteiger partial charge >= 0.3 is 0 Å². The highest BCUT2D eigenvalue weighted by Gasteiger charge is 2.26. The van der Waals surface area contributed by atoms with Crippen molar-refractivity contribution >= 4 is 23.6 Å². The number of hydrogen-bond donors (Lipinski definition) is 2. The van der Waals surface area contributed by atoms with Crippen LogP contribution in [-0.2, 0) is 9.59 Å². The molecular weight excluding hydrogens is 264 g/mol. The second-order valence-electron chi connectivity index (χ2n) is 5.36. The van der Waals surface area contributed by atoms with E-state index in [1.165, 1.54) is 12.8 Å². The van der Waals surface area contributed by atoms with Gasteiger partial charge in [0.1, 0.15) is 6.54 Å². The number of hydrogen-bond acceptors (Lipinski definition) is 4. The maximum Gasteiger partial charge on any atom is 0.239 e. The van der Waals surface area contributed by atoms with E-state index in [2.05, 4.69) is 5.32 Å². The molecule has 2 amide bonds. The Kier molecular flexibility index (Phi) is 5.51. The molecule has 2 atom stereocenters. The Morgan fingerprint density at radius 1 is 1.37 bits per heavy atom. The van der Waals surface area contributed by atoms with E-state index in [4.69, 9.17) is 0 Å². The molecule has 0 bridgehead atoms. The zero-order valence-corrected chi connectivity index (χ0v) is 12.0. The van der Waals surface area contributed by atoms with Crippen molar-refractivity contribution in [3.05, 3.63) is 0 Å². The minimum Gasteiger partial charge on any atom is -0.396 e. The van der Waals surface area contributed by atoms with Crippen LogP contribution in [0.2, 0.25) is 0 Å². The first-order chi connectivity index (χ1) is 9.20. The maximum atomic E-state index is 11.8. The molecule has 108 valence electrons. The summed E-state index contributed by atoms with van der Waals surface area (Å²) in [5.41, 5.74) is 0. The average molecular weight is 286 g/mol. The van der Waals surface area contributed by atoms with Gasteiger partial charge in [-0.3, -0.25) is 9.59 Å². The highest BCUT2D eigenvalue weighted by Crippen LogP contribution is 2.29. The maximum absolute atomic E-state index is 11.8.